The van der Waals surface area contributed by atoms with Gasteiger partial charge in [0.2, 0.25) is 0 Å². The fourth-order valence-electron chi connectivity index (χ4n) is 1.85. The van der Waals surface area contributed by atoms with Gasteiger partial charge in [-0.25, -0.2) is 13.6 Å². The number of rotatable bonds is 4. The number of hydrogen-bond donors (Lipinski definition) is 2. The smallest absolute Gasteiger partial charge is 0.330 e. The van der Waals surface area contributed by atoms with E-state index in [-0.39, 0.29) is 11.3 Å². The van der Waals surface area contributed by atoms with Crippen molar-refractivity contribution in [3.05, 3.63) is 65.2 Å². The number of carboxylic acid groups (broad SMARTS) is 1. The van der Waals surface area contributed by atoms with Gasteiger partial charge in [-0.05, 0) is 24.1 Å². The monoisotopic (exact) mass is 277 g/mol. The normalized spacial score (nSPS) is 11.9. The molecule has 20 heavy (non-hydrogen) atoms. The van der Waals surface area contributed by atoms with Crippen LogP contribution in [0, 0.1) is 18.6 Å². The molecule has 2 aromatic carbocycles. The summed E-state index contributed by atoms with van der Waals surface area (Å²) in [7, 11) is 0. The minimum absolute atomic E-state index is 0.166. The van der Waals surface area contributed by atoms with Gasteiger partial charge in [0.15, 0.2) is 6.04 Å². The number of hydrogen-bond acceptors (Lipinski definition) is 2. The molecule has 2 rings (SSSR count). The van der Waals surface area contributed by atoms with E-state index >= 15 is 0 Å². The van der Waals surface area contributed by atoms with Crippen molar-refractivity contribution in [2.24, 2.45) is 0 Å². The third-order valence-electron chi connectivity index (χ3n) is 2.93. The zero-order chi connectivity index (χ0) is 14.7. The van der Waals surface area contributed by atoms with E-state index in [1.54, 1.807) is 30.3 Å². The van der Waals surface area contributed by atoms with E-state index in [9.17, 15) is 18.7 Å². The highest BCUT2D eigenvalue weighted by Gasteiger charge is 2.21. The van der Waals surface area contributed by atoms with Gasteiger partial charge in [-0.3, -0.25) is 0 Å². The molecule has 0 spiro atoms. The molecule has 0 fully saturated rings. The molecule has 0 radical (unpaired) electrons. The molecule has 104 valence electrons. The van der Waals surface area contributed by atoms with Crippen molar-refractivity contribution >= 4 is 11.7 Å². The number of aliphatic carboxylic acids is 1. The summed E-state index contributed by atoms with van der Waals surface area (Å²) in [5.74, 6) is -2.45. The van der Waals surface area contributed by atoms with E-state index in [4.69, 9.17) is 0 Å². The van der Waals surface area contributed by atoms with Crippen LogP contribution in [-0.4, -0.2) is 11.1 Å². The highest BCUT2D eigenvalue weighted by atomic mass is 19.1. The van der Waals surface area contributed by atoms with Crippen molar-refractivity contribution in [2.45, 2.75) is 13.0 Å². The Kier molecular flexibility index (Phi) is 3.98. The van der Waals surface area contributed by atoms with Gasteiger partial charge in [0.1, 0.15) is 11.6 Å². The second-order valence-electron chi connectivity index (χ2n) is 4.41. The molecule has 3 nitrogen and oxygen atoms in total. The molecule has 5 heteroatoms. The van der Waals surface area contributed by atoms with Crippen LogP contribution in [0.15, 0.2) is 42.5 Å². The number of nitrogens with one attached hydrogen (secondary N) is 1. The Balaban J connectivity index is 2.35. The van der Waals surface area contributed by atoms with Crippen molar-refractivity contribution in [3.8, 4) is 0 Å². The van der Waals surface area contributed by atoms with Gasteiger partial charge >= 0.3 is 5.97 Å². The van der Waals surface area contributed by atoms with E-state index < -0.39 is 23.6 Å². The summed E-state index contributed by atoms with van der Waals surface area (Å²) in [6, 6.07) is 9.16. The van der Waals surface area contributed by atoms with E-state index in [0.717, 1.165) is 12.1 Å². The molecule has 2 aromatic rings. The lowest BCUT2D eigenvalue weighted by Gasteiger charge is -2.17. The minimum Gasteiger partial charge on any atom is -0.479 e. The summed E-state index contributed by atoms with van der Waals surface area (Å²) in [6.07, 6.45) is 0. The van der Waals surface area contributed by atoms with Crippen molar-refractivity contribution < 1.29 is 18.7 Å². The number of carbonyl (C=O) groups is 1. The van der Waals surface area contributed by atoms with Gasteiger partial charge in [-0.15, -0.1) is 0 Å². The molecule has 2 N–H and O–H groups in total. The van der Waals surface area contributed by atoms with E-state index in [0.29, 0.717) is 5.56 Å². The van der Waals surface area contributed by atoms with Gasteiger partial charge in [0, 0.05) is 6.07 Å². The Bertz CT molecular complexity index is 629. The number of aryl methyl sites for hydroxylation is 1. The third-order valence-corrected chi connectivity index (χ3v) is 2.93. The maximum absolute atomic E-state index is 13.7. The van der Waals surface area contributed by atoms with Crippen LogP contribution >= 0.6 is 0 Å². The van der Waals surface area contributed by atoms with Gasteiger partial charge in [0.05, 0.1) is 5.69 Å². The Hall–Kier alpha value is -2.43. The van der Waals surface area contributed by atoms with Crippen molar-refractivity contribution in [3.63, 3.8) is 0 Å². The Morgan fingerprint density at radius 1 is 1.15 bits per heavy atom. The van der Waals surface area contributed by atoms with Gasteiger partial charge in [-0.1, -0.05) is 30.3 Å². The highest BCUT2D eigenvalue weighted by Crippen LogP contribution is 2.24. The topological polar surface area (TPSA) is 49.3 Å². The second-order valence-corrected chi connectivity index (χ2v) is 4.41. The minimum atomic E-state index is -1.17. The molecule has 0 saturated carbocycles. The standard InChI is InChI=1S/C15H13F2NO2/c1-9-7-12(17)13(8-11(9)16)18-14(15(19)20)10-5-3-2-4-6-10/h2-8,14,18H,1H3,(H,19,20). The van der Waals surface area contributed by atoms with Crippen LogP contribution in [-0.2, 0) is 4.79 Å². The average molecular weight is 277 g/mol. The summed E-state index contributed by atoms with van der Waals surface area (Å²) in [5.41, 5.74) is 0.448. The fraction of sp³-hybridized carbons (Fsp3) is 0.133. The molecule has 0 aliphatic carbocycles. The number of benzene rings is 2. The van der Waals surface area contributed by atoms with Crippen molar-refractivity contribution in [1.29, 1.82) is 0 Å². The van der Waals surface area contributed by atoms with Crippen LogP contribution in [0.5, 0.6) is 0 Å². The van der Waals surface area contributed by atoms with E-state index in [2.05, 4.69) is 5.32 Å². The van der Waals surface area contributed by atoms with E-state index in [1.165, 1.54) is 6.92 Å². The predicted molar refractivity (Wildman–Crippen MR) is 71.5 cm³/mol. The first-order valence-corrected chi connectivity index (χ1v) is 5.99. The van der Waals surface area contributed by atoms with Crippen LogP contribution in [0.3, 0.4) is 0 Å². The molecule has 0 aliphatic heterocycles. The summed E-state index contributed by atoms with van der Waals surface area (Å²) in [5, 5.41) is 11.7. The summed E-state index contributed by atoms with van der Waals surface area (Å²) in [6.45, 7) is 1.44. The van der Waals surface area contributed by atoms with Gasteiger partial charge in [0.25, 0.3) is 0 Å². The van der Waals surface area contributed by atoms with Gasteiger partial charge in [-0.2, -0.15) is 0 Å². The van der Waals surface area contributed by atoms with Crippen LogP contribution in [0.1, 0.15) is 17.2 Å². The molecule has 1 unspecified atom stereocenters. The van der Waals surface area contributed by atoms with Crippen molar-refractivity contribution in [1.82, 2.24) is 0 Å². The average Bonchev–Trinajstić information content (AvgIpc) is 2.42. The molecule has 0 bridgehead atoms. The Morgan fingerprint density at radius 3 is 2.40 bits per heavy atom. The predicted octanol–water partition coefficient (Wildman–Crippen LogP) is 3.51. The fourth-order valence-corrected chi connectivity index (χ4v) is 1.85. The lowest BCUT2D eigenvalue weighted by atomic mass is 10.1. The molecule has 0 amide bonds. The Labute approximate surface area is 114 Å². The molecular formula is C15H13F2NO2. The number of anilines is 1. The molecule has 0 aromatic heterocycles. The molecule has 1 atom stereocenters. The quantitative estimate of drug-likeness (QED) is 0.899. The van der Waals surface area contributed by atoms with Crippen molar-refractivity contribution in [2.75, 3.05) is 5.32 Å². The zero-order valence-corrected chi connectivity index (χ0v) is 10.7. The number of halogens is 2. The summed E-state index contributed by atoms with van der Waals surface area (Å²) in [4.78, 5) is 11.3. The van der Waals surface area contributed by atoms with Crippen LogP contribution in [0.25, 0.3) is 0 Å². The lowest BCUT2D eigenvalue weighted by Crippen LogP contribution is -2.21. The molecule has 0 saturated heterocycles. The maximum atomic E-state index is 13.7. The summed E-state index contributed by atoms with van der Waals surface area (Å²) < 4.78 is 27.2. The Morgan fingerprint density at radius 2 is 1.80 bits per heavy atom. The molecule has 0 heterocycles. The third kappa shape index (κ3) is 2.93. The lowest BCUT2D eigenvalue weighted by molar-refractivity contribution is -0.138. The largest absolute Gasteiger partial charge is 0.479 e. The van der Waals surface area contributed by atoms with Gasteiger partial charge < -0.3 is 10.4 Å². The molecule has 0 aliphatic rings. The SMILES string of the molecule is Cc1cc(F)c(NC(C(=O)O)c2ccccc2)cc1F. The first-order valence-electron chi connectivity index (χ1n) is 5.99. The highest BCUT2D eigenvalue weighted by molar-refractivity contribution is 5.79. The summed E-state index contributed by atoms with van der Waals surface area (Å²) >= 11 is 0. The van der Waals surface area contributed by atoms with Crippen LogP contribution in [0.2, 0.25) is 0 Å². The second kappa shape index (κ2) is 5.69. The van der Waals surface area contributed by atoms with Crippen LogP contribution < -0.4 is 5.32 Å². The first-order chi connectivity index (χ1) is 9.49. The van der Waals surface area contributed by atoms with E-state index in [1.807, 2.05) is 0 Å². The molecular weight excluding hydrogens is 264 g/mol. The first kappa shape index (κ1) is 14.0. The number of carboxylic acids is 1. The maximum Gasteiger partial charge on any atom is 0.330 e. The zero-order valence-electron chi connectivity index (χ0n) is 10.7. The van der Waals surface area contributed by atoms with Crippen LogP contribution in [0.4, 0.5) is 14.5 Å².